The van der Waals surface area contributed by atoms with E-state index in [2.05, 4.69) is 5.92 Å². The second-order valence-corrected chi connectivity index (χ2v) is 4.97. The van der Waals surface area contributed by atoms with Gasteiger partial charge in [-0.15, -0.1) is 6.42 Å². The molecule has 1 aromatic carbocycles. The summed E-state index contributed by atoms with van der Waals surface area (Å²) in [5.41, 5.74) is 1.13. The van der Waals surface area contributed by atoms with Crippen LogP contribution in [0, 0.1) is 12.3 Å². The van der Waals surface area contributed by atoms with Gasteiger partial charge in [-0.25, -0.2) is 0 Å². The van der Waals surface area contributed by atoms with Gasteiger partial charge in [0.15, 0.2) is 0 Å². The lowest BCUT2D eigenvalue weighted by molar-refractivity contribution is -0.0387. The Hall–Kier alpha value is -1.58. The van der Waals surface area contributed by atoms with Gasteiger partial charge in [-0.05, 0) is 31.2 Å². The molecular formula is C17H25NO4. The van der Waals surface area contributed by atoms with Crippen LogP contribution in [-0.4, -0.2) is 63.4 Å². The maximum atomic E-state index is 9.47. The molecule has 0 saturated heterocycles. The Balaban J connectivity index is 2.42. The molecule has 1 N–H and O–H groups in total. The molecule has 0 amide bonds. The van der Waals surface area contributed by atoms with Crippen LogP contribution in [0.1, 0.15) is 5.56 Å². The number of aliphatic hydroxyl groups is 1. The summed E-state index contributed by atoms with van der Waals surface area (Å²) in [4.78, 5) is 1.97. The second-order valence-electron chi connectivity index (χ2n) is 4.97. The molecule has 0 radical (unpaired) electrons. The van der Waals surface area contributed by atoms with Crippen LogP contribution in [0.2, 0.25) is 0 Å². The number of hydrogen-bond donors (Lipinski definition) is 1. The molecule has 1 rings (SSSR count). The Morgan fingerprint density at radius 2 is 2.00 bits per heavy atom. The maximum absolute atomic E-state index is 9.47. The van der Waals surface area contributed by atoms with Crippen LogP contribution in [0.25, 0.3) is 0 Å². The quantitative estimate of drug-likeness (QED) is 0.378. The third kappa shape index (κ3) is 6.92. The zero-order valence-corrected chi connectivity index (χ0v) is 13.3. The van der Waals surface area contributed by atoms with Crippen molar-refractivity contribution in [1.29, 1.82) is 0 Å². The number of benzene rings is 1. The molecule has 0 spiro atoms. The van der Waals surface area contributed by atoms with Crippen molar-refractivity contribution in [2.24, 2.45) is 0 Å². The normalized spacial score (nSPS) is 12.1. The molecule has 1 aromatic rings. The summed E-state index contributed by atoms with van der Waals surface area (Å²) in [5, 5.41) is 9.47. The van der Waals surface area contributed by atoms with Gasteiger partial charge in [0.1, 0.15) is 19.1 Å². The highest BCUT2D eigenvalue weighted by Crippen LogP contribution is 2.14. The Morgan fingerprint density at radius 3 is 2.59 bits per heavy atom. The number of methoxy groups -OCH3 is 1. The largest absolute Gasteiger partial charge is 0.491 e. The monoisotopic (exact) mass is 307 g/mol. The summed E-state index contributed by atoms with van der Waals surface area (Å²) in [6.45, 7) is 1.84. The summed E-state index contributed by atoms with van der Waals surface area (Å²) in [6, 6.07) is 7.85. The molecular weight excluding hydrogens is 282 g/mol. The summed E-state index contributed by atoms with van der Waals surface area (Å²) >= 11 is 0. The van der Waals surface area contributed by atoms with Crippen molar-refractivity contribution in [1.82, 2.24) is 4.90 Å². The zero-order valence-electron chi connectivity index (χ0n) is 13.3. The van der Waals surface area contributed by atoms with Gasteiger partial charge in [0, 0.05) is 13.2 Å². The first-order chi connectivity index (χ1) is 10.7. The number of likely N-dealkylation sites (N-methyl/N-ethyl adjacent to an activating group) is 1. The van der Waals surface area contributed by atoms with E-state index in [0.29, 0.717) is 19.8 Å². The fourth-order valence-electron chi connectivity index (χ4n) is 1.99. The molecule has 0 fully saturated rings. The van der Waals surface area contributed by atoms with Gasteiger partial charge < -0.3 is 19.3 Å². The Morgan fingerprint density at radius 1 is 1.27 bits per heavy atom. The number of terminal acetylenes is 1. The summed E-state index contributed by atoms with van der Waals surface area (Å²) in [7, 11) is 3.50. The molecule has 122 valence electrons. The smallest absolute Gasteiger partial charge is 0.146 e. The van der Waals surface area contributed by atoms with Crippen LogP contribution < -0.4 is 4.74 Å². The molecule has 5 nitrogen and oxygen atoms in total. The molecule has 0 aromatic heterocycles. The third-order valence-corrected chi connectivity index (χ3v) is 3.27. The lowest BCUT2D eigenvalue weighted by Gasteiger charge is -2.24. The van der Waals surface area contributed by atoms with Crippen molar-refractivity contribution in [3.63, 3.8) is 0 Å². The second kappa shape index (κ2) is 11.0. The third-order valence-electron chi connectivity index (χ3n) is 3.27. The first-order valence-electron chi connectivity index (χ1n) is 7.24. The molecule has 0 unspecified atom stereocenters. The van der Waals surface area contributed by atoms with E-state index < -0.39 is 0 Å². The molecule has 0 aliphatic heterocycles. The van der Waals surface area contributed by atoms with Crippen LogP contribution in [0.15, 0.2) is 24.3 Å². The van der Waals surface area contributed by atoms with Crippen molar-refractivity contribution in [2.45, 2.75) is 12.5 Å². The number of nitrogens with zero attached hydrogens (tertiary/aromatic N) is 1. The molecule has 0 aliphatic rings. The van der Waals surface area contributed by atoms with E-state index in [-0.39, 0.29) is 19.4 Å². The number of hydrogen-bond acceptors (Lipinski definition) is 5. The minimum absolute atomic E-state index is 0.0188. The van der Waals surface area contributed by atoms with Gasteiger partial charge in [0.2, 0.25) is 0 Å². The van der Waals surface area contributed by atoms with Crippen molar-refractivity contribution in [3.8, 4) is 18.1 Å². The van der Waals surface area contributed by atoms with Gasteiger partial charge in [-0.1, -0.05) is 18.1 Å². The minimum Gasteiger partial charge on any atom is -0.491 e. The number of aliphatic hydroxyl groups excluding tert-OH is 1. The van der Waals surface area contributed by atoms with Crippen molar-refractivity contribution in [3.05, 3.63) is 29.8 Å². The Kier molecular flexibility index (Phi) is 9.28. The predicted octanol–water partition coefficient (Wildman–Crippen LogP) is 1.15. The predicted molar refractivity (Wildman–Crippen MR) is 85.8 cm³/mol. The van der Waals surface area contributed by atoms with E-state index in [1.807, 2.05) is 36.2 Å². The van der Waals surface area contributed by atoms with Crippen LogP contribution in [-0.2, 0) is 15.9 Å². The van der Waals surface area contributed by atoms with E-state index in [1.165, 1.54) is 0 Å². The molecule has 0 bridgehead atoms. The average Bonchev–Trinajstić information content (AvgIpc) is 2.54. The van der Waals surface area contributed by atoms with Crippen LogP contribution in [0.3, 0.4) is 0 Å². The Labute approximate surface area is 132 Å². The van der Waals surface area contributed by atoms with Gasteiger partial charge in [0.05, 0.1) is 19.8 Å². The molecule has 1 atom stereocenters. The van der Waals surface area contributed by atoms with E-state index in [9.17, 15) is 5.11 Å². The highest BCUT2D eigenvalue weighted by atomic mass is 16.7. The summed E-state index contributed by atoms with van der Waals surface area (Å²) in [6.07, 6.45) is 6.05. The van der Waals surface area contributed by atoms with Gasteiger partial charge in [0.25, 0.3) is 0 Å². The fraction of sp³-hybridized carbons (Fsp3) is 0.529. The molecule has 0 aliphatic carbocycles. The van der Waals surface area contributed by atoms with Gasteiger partial charge >= 0.3 is 0 Å². The van der Waals surface area contributed by atoms with Gasteiger partial charge in [-0.3, -0.25) is 4.90 Å². The molecule has 22 heavy (non-hydrogen) atoms. The first kappa shape index (κ1) is 18.5. The lowest BCUT2D eigenvalue weighted by atomic mass is 10.1. The number of ether oxygens (including phenoxy) is 3. The van der Waals surface area contributed by atoms with E-state index >= 15 is 0 Å². The SMILES string of the molecule is C#CCN(C)[C@H](CO)Cc1ccc(OCCOCOC)cc1. The average molecular weight is 307 g/mol. The van der Waals surface area contributed by atoms with Crippen LogP contribution >= 0.6 is 0 Å². The maximum Gasteiger partial charge on any atom is 0.146 e. The molecule has 0 heterocycles. The van der Waals surface area contributed by atoms with Crippen LogP contribution in [0.4, 0.5) is 0 Å². The van der Waals surface area contributed by atoms with E-state index in [0.717, 1.165) is 17.7 Å². The summed E-state index contributed by atoms with van der Waals surface area (Å²) in [5.74, 6) is 3.38. The fourth-order valence-corrected chi connectivity index (χ4v) is 1.99. The van der Waals surface area contributed by atoms with E-state index in [4.69, 9.17) is 20.6 Å². The molecule has 5 heteroatoms. The topological polar surface area (TPSA) is 51.2 Å². The first-order valence-corrected chi connectivity index (χ1v) is 7.24. The van der Waals surface area contributed by atoms with E-state index in [1.54, 1.807) is 7.11 Å². The summed E-state index contributed by atoms with van der Waals surface area (Å²) < 4.78 is 15.5. The van der Waals surface area contributed by atoms with Gasteiger partial charge in [-0.2, -0.15) is 0 Å². The highest BCUT2D eigenvalue weighted by Gasteiger charge is 2.13. The van der Waals surface area contributed by atoms with Crippen molar-refractivity contribution in [2.75, 3.05) is 47.3 Å². The lowest BCUT2D eigenvalue weighted by Crippen LogP contribution is -2.36. The minimum atomic E-state index is 0.0188. The Bertz CT molecular complexity index is 441. The van der Waals surface area contributed by atoms with Crippen molar-refractivity contribution < 1.29 is 19.3 Å². The molecule has 0 saturated carbocycles. The zero-order chi connectivity index (χ0) is 16.2. The van der Waals surface area contributed by atoms with Crippen molar-refractivity contribution >= 4 is 0 Å². The highest BCUT2D eigenvalue weighted by molar-refractivity contribution is 5.27. The number of rotatable bonds is 11. The van der Waals surface area contributed by atoms with Crippen LogP contribution in [0.5, 0.6) is 5.75 Å². The standard InChI is InChI=1S/C17H25NO4/c1-4-9-18(2)16(13-19)12-15-5-7-17(8-6-15)22-11-10-21-14-20-3/h1,5-8,16,19H,9-14H2,2-3H3/t16-/m0/s1.